The van der Waals surface area contributed by atoms with E-state index in [1.54, 1.807) is 35.0 Å². The number of imidazole rings is 1. The number of thiocarbonyl (C=S) groups is 1. The van der Waals surface area contributed by atoms with Gasteiger partial charge in [0.2, 0.25) is 15.0 Å². The molecule has 0 atom stereocenters. The standard InChI is InChI=1S/C21H31ClN4O2S2/c1-14(2)24-20(29)25(15(3)4)12-19-11-23-21(26(19)16(5)6)30(27,28)13-17-8-7-9-18(22)10-17/h7-11,14-16H,12-13H2,1-6H3,(H,24,29). The lowest BCUT2D eigenvalue weighted by molar-refractivity contribution is 0.320. The molecule has 0 aliphatic rings. The number of sulfone groups is 1. The van der Waals surface area contributed by atoms with Gasteiger partial charge in [0.15, 0.2) is 5.11 Å². The van der Waals surface area contributed by atoms with Crippen molar-refractivity contribution in [3.63, 3.8) is 0 Å². The first-order chi connectivity index (χ1) is 13.9. The largest absolute Gasteiger partial charge is 0.360 e. The molecule has 0 saturated heterocycles. The molecule has 6 nitrogen and oxygen atoms in total. The van der Waals surface area contributed by atoms with E-state index in [9.17, 15) is 8.42 Å². The fourth-order valence-electron chi connectivity index (χ4n) is 3.18. The number of hydrogen-bond acceptors (Lipinski definition) is 4. The van der Waals surface area contributed by atoms with Crippen LogP contribution in [0.4, 0.5) is 0 Å². The molecule has 0 radical (unpaired) electrons. The average molecular weight is 471 g/mol. The summed E-state index contributed by atoms with van der Waals surface area (Å²) in [6, 6.07) is 7.17. The van der Waals surface area contributed by atoms with Gasteiger partial charge in [-0.25, -0.2) is 13.4 Å². The quantitative estimate of drug-likeness (QED) is 0.569. The van der Waals surface area contributed by atoms with Crippen LogP contribution in [0.3, 0.4) is 0 Å². The second-order valence-corrected chi connectivity index (χ2v) is 10.9. The molecule has 0 bridgehead atoms. The average Bonchev–Trinajstić information content (AvgIpc) is 3.03. The van der Waals surface area contributed by atoms with E-state index in [4.69, 9.17) is 23.8 Å². The molecule has 0 spiro atoms. The minimum atomic E-state index is -3.65. The Bertz CT molecular complexity index is 985. The highest BCUT2D eigenvalue weighted by Crippen LogP contribution is 2.24. The molecule has 0 unspecified atom stereocenters. The molecule has 0 aliphatic carbocycles. The normalized spacial score (nSPS) is 12.1. The highest BCUT2D eigenvalue weighted by Gasteiger charge is 2.27. The van der Waals surface area contributed by atoms with Crippen molar-refractivity contribution in [1.29, 1.82) is 0 Å². The van der Waals surface area contributed by atoms with Gasteiger partial charge >= 0.3 is 0 Å². The molecule has 1 aromatic carbocycles. The number of nitrogens with zero attached hydrogens (tertiary/aromatic N) is 3. The van der Waals surface area contributed by atoms with Crippen LogP contribution in [0.1, 0.15) is 58.8 Å². The van der Waals surface area contributed by atoms with Crippen molar-refractivity contribution in [2.24, 2.45) is 0 Å². The molecule has 0 amide bonds. The molecule has 2 rings (SSSR count). The first-order valence-corrected chi connectivity index (χ1v) is 12.5. The predicted octanol–water partition coefficient (Wildman–Crippen LogP) is 4.58. The van der Waals surface area contributed by atoms with E-state index in [2.05, 4.69) is 24.1 Å². The van der Waals surface area contributed by atoms with E-state index in [-0.39, 0.29) is 29.0 Å². The first kappa shape index (κ1) is 24.6. The molecule has 1 N–H and O–H groups in total. The summed E-state index contributed by atoms with van der Waals surface area (Å²) in [6.45, 7) is 12.5. The van der Waals surface area contributed by atoms with E-state index in [1.165, 1.54) is 0 Å². The predicted molar refractivity (Wildman–Crippen MR) is 127 cm³/mol. The van der Waals surface area contributed by atoms with Gasteiger partial charge in [0, 0.05) is 23.1 Å². The monoisotopic (exact) mass is 470 g/mol. The van der Waals surface area contributed by atoms with Crippen molar-refractivity contribution in [3.05, 3.63) is 46.7 Å². The molecule has 0 aliphatic heterocycles. The Kier molecular flexibility index (Phi) is 8.30. The molecule has 166 valence electrons. The zero-order valence-corrected chi connectivity index (χ0v) is 20.8. The van der Waals surface area contributed by atoms with Crippen LogP contribution in [0.2, 0.25) is 5.02 Å². The van der Waals surface area contributed by atoms with Crippen molar-refractivity contribution in [1.82, 2.24) is 19.8 Å². The number of halogens is 1. The third-order valence-corrected chi connectivity index (χ3v) is 6.67. The Balaban J connectivity index is 2.39. The van der Waals surface area contributed by atoms with Crippen molar-refractivity contribution in [2.75, 3.05) is 0 Å². The second kappa shape index (κ2) is 10.1. The lowest BCUT2D eigenvalue weighted by Gasteiger charge is -2.31. The summed E-state index contributed by atoms with van der Waals surface area (Å²) in [5.41, 5.74) is 1.43. The summed E-state index contributed by atoms with van der Waals surface area (Å²) in [4.78, 5) is 6.35. The Morgan fingerprint density at radius 2 is 1.90 bits per heavy atom. The molecule has 1 aromatic heterocycles. The molecule has 30 heavy (non-hydrogen) atoms. The number of nitrogens with one attached hydrogen (secondary N) is 1. The van der Waals surface area contributed by atoms with Crippen LogP contribution in [0, 0.1) is 0 Å². The fourth-order valence-corrected chi connectivity index (χ4v) is 5.49. The van der Waals surface area contributed by atoms with Gasteiger partial charge in [0.05, 0.1) is 24.2 Å². The van der Waals surface area contributed by atoms with Crippen LogP contribution >= 0.6 is 23.8 Å². The van der Waals surface area contributed by atoms with E-state index in [0.717, 1.165) is 5.69 Å². The van der Waals surface area contributed by atoms with Crippen LogP contribution in [-0.2, 0) is 22.1 Å². The highest BCUT2D eigenvalue weighted by atomic mass is 35.5. The number of aromatic nitrogens is 2. The van der Waals surface area contributed by atoms with Gasteiger partial charge in [0.25, 0.3) is 0 Å². The lowest BCUT2D eigenvalue weighted by Crippen LogP contribution is -2.46. The molecule has 0 fully saturated rings. The Hall–Kier alpha value is -1.64. The minimum Gasteiger partial charge on any atom is -0.360 e. The molecule has 2 aromatic rings. The zero-order valence-electron chi connectivity index (χ0n) is 18.4. The van der Waals surface area contributed by atoms with E-state index >= 15 is 0 Å². The van der Waals surface area contributed by atoms with Gasteiger partial charge in [0.1, 0.15) is 0 Å². The second-order valence-electron chi connectivity index (χ2n) is 8.21. The molecule has 9 heteroatoms. The van der Waals surface area contributed by atoms with Crippen LogP contribution in [0.15, 0.2) is 35.6 Å². The number of hydrogen-bond donors (Lipinski definition) is 1. The summed E-state index contributed by atoms with van der Waals surface area (Å²) in [5, 5.41) is 4.48. The molecular formula is C21H31ClN4O2S2. The van der Waals surface area contributed by atoms with Crippen LogP contribution in [0.25, 0.3) is 0 Å². The van der Waals surface area contributed by atoms with Gasteiger partial charge in [-0.2, -0.15) is 0 Å². The van der Waals surface area contributed by atoms with Crippen molar-refractivity contribution in [3.8, 4) is 0 Å². The van der Waals surface area contributed by atoms with Crippen LogP contribution in [-0.4, -0.2) is 40.1 Å². The Morgan fingerprint density at radius 3 is 2.43 bits per heavy atom. The molecular weight excluding hydrogens is 440 g/mol. The van der Waals surface area contributed by atoms with Gasteiger partial charge < -0.3 is 14.8 Å². The smallest absolute Gasteiger partial charge is 0.228 e. The number of rotatable bonds is 8. The molecule has 1 heterocycles. The SMILES string of the molecule is CC(C)NC(=S)N(Cc1cnc(S(=O)(=O)Cc2cccc(Cl)c2)n1C(C)C)C(C)C. The van der Waals surface area contributed by atoms with Crippen molar-refractivity contribution < 1.29 is 8.42 Å². The number of benzene rings is 1. The fraction of sp³-hybridized carbons (Fsp3) is 0.524. The van der Waals surface area contributed by atoms with Gasteiger partial charge in [-0.1, -0.05) is 23.7 Å². The molecule has 0 saturated carbocycles. The maximum Gasteiger partial charge on any atom is 0.228 e. The lowest BCUT2D eigenvalue weighted by atomic mass is 10.2. The third-order valence-electron chi connectivity index (χ3n) is 4.51. The van der Waals surface area contributed by atoms with E-state index < -0.39 is 9.84 Å². The van der Waals surface area contributed by atoms with Gasteiger partial charge in [-0.15, -0.1) is 0 Å². The van der Waals surface area contributed by atoms with E-state index in [0.29, 0.717) is 22.2 Å². The maximum absolute atomic E-state index is 13.2. The summed E-state index contributed by atoms with van der Waals surface area (Å²) in [7, 11) is -3.65. The summed E-state index contributed by atoms with van der Waals surface area (Å²) in [6.07, 6.45) is 1.64. The van der Waals surface area contributed by atoms with Crippen molar-refractivity contribution >= 4 is 38.8 Å². The maximum atomic E-state index is 13.2. The van der Waals surface area contributed by atoms with E-state index in [1.807, 2.05) is 32.6 Å². The summed E-state index contributed by atoms with van der Waals surface area (Å²) in [5.74, 6) is -0.155. The van der Waals surface area contributed by atoms with Crippen molar-refractivity contribution in [2.45, 2.75) is 77.1 Å². The zero-order chi connectivity index (χ0) is 22.6. The Labute approximate surface area is 190 Å². The van der Waals surface area contributed by atoms with Gasteiger partial charge in [-0.05, 0) is 71.5 Å². The highest BCUT2D eigenvalue weighted by molar-refractivity contribution is 7.90. The van der Waals surface area contributed by atoms with Gasteiger partial charge in [-0.3, -0.25) is 0 Å². The first-order valence-electron chi connectivity index (χ1n) is 10.0. The topological polar surface area (TPSA) is 67.2 Å². The minimum absolute atomic E-state index is 0.0684. The van der Waals surface area contributed by atoms with Crippen LogP contribution in [0.5, 0.6) is 0 Å². The van der Waals surface area contributed by atoms with Crippen LogP contribution < -0.4 is 5.32 Å². The third kappa shape index (κ3) is 6.18. The Morgan fingerprint density at radius 1 is 1.23 bits per heavy atom. The summed E-state index contributed by atoms with van der Waals surface area (Å²) >= 11 is 11.6. The summed E-state index contributed by atoms with van der Waals surface area (Å²) < 4.78 is 28.1.